The molecule has 0 saturated heterocycles. The first-order valence-corrected chi connectivity index (χ1v) is 8.13. The van der Waals surface area contributed by atoms with E-state index < -0.39 is 0 Å². The quantitative estimate of drug-likeness (QED) is 0.715. The van der Waals surface area contributed by atoms with Gasteiger partial charge in [0.25, 0.3) is 0 Å². The Morgan fingerprint density at radius 3 is 2.11 bits per heavy atom. The van der Waals surface area contributed by atoms with E-state index in [1.165, 1.54) is 51.4 Å². The zero-order valence-corrected chi connectivity index (χ0v) is 13.0. The van der Waals surface area contributed by atoms with Crippen molar-refractivity contribution in [2.45, 2.75) is 84.6 Å². The molecule has 0 radical (unpaired) electrons. The lowest BCUT2D eigenvalue weighted by atomic mass is 9.55. The van der Waals surface area contributed by atoms with Crippen molar-refractivity contribution in [2.24, 2.45) is 28.9 Å². The van der Waals surface area contributed by atoms with Crippen molar-refractivity contribution in [3.8, 4) is 0 Å². The third kappa shape index (κ3) is 2.76. The fourth-order valence-corrected chi connectivity index (χ4v) is 4.75. The van der Waals surface area contributed by atoms with E-state index in [9.17, 15) is 0 Å². The van der Waals surface area contributed by atoms with Crippen LogP contribution in [-0.2, 0) is 0 Å². The van der Waals surface area contributed by atoms with Crippen LogP contribution in [-0.4, -0.2) is 5.54 Å². The number of rotatable bonds is 1. The summed E-state index contributed by atoms with van der Waals surface area (Å²) in [6, 6.07) is 0. The third-order valence-corrected chi connectivity index (χ3v) is 5.82. The molecule has 0 bridgehead atoms. The molecule has 2 N–H and O–H groups in total. The van der Waals surface area contributed by atoms with Crippen LogP contribution >= 0.6 is 0 Å². The summed E-state index contributed by atoms with van der Waals surface area (Å²) >= 11 is 0. The van der Waals surface area contributed by atoms with Crippen molar-refractivity contribution in [1.82, 2.24) is 0 Å². The number of hydrogen-bond acceptors (Lipinski definition) is 1. The normalized spacial score (nSPS) is 42.8. The lowest BCUT2D eigenvalue weighted by Crippen LogP contribution is -2.59. The highest BCUT2D eigenvalue weighted by Gasteiger charge is 2.48. The van der Waals surface area contributed by atoms with Gasteiger partial charge in [0.05, 0.1) is 0 Å². The van der Waals surface area contributed by atoms with E-state index in [-0.39, 0.29) is 5.54 Å². The highest BCUT2D eigenvalue weighted by molar-refractivity contribution is 5.03. The van der Waals surface area contributed by atoms with Gasteiger partial charge in [-0.05, 0) is 48.9 Å². The SMILES string of the molecule is CC1CCC(C2(N)CCCCC2C(C)(C)C)CC1. The summed E-state index contributed by atoms with van der Waals surface area (Å²) in [6.07, 6.45) is 10.9. The van der Waals surface area contributed by atoms with Crippen LogP contribution < -0.4 is 5.73 Å². The van der Waals surface area contributed by atoms with Gasteiger partial charge in [-0.25, -0.2) is 0 Å². The van der Waals surface area contributed by atoms with Crippen LogP contribution in [0.15, 0.2) is 0 Å². The molecule has 0 amide bonds. The maximum Gasteiger partial charge on any atom is 0.0216 e. The molecule has 1 nitrogen and oxygen atoms in total. The number of hydrogen-bond donors (Lipinski definition) is 1. The molecule has 2 saturated carbocycles. The van der Waals surface area contributed by atoms with E-state index in [0.29, 0.717) is 5.41 Å². The fraction of sp³-hybridized carbons (Fsp3) is 1.00. The van der Waals surface area contributed by atoms with Gasteiger partial charge in [0.15, 0.2) is 0 Å². The Bertz CT molecular complexity index is 270. The van der Waals surface area contributed by atoms with Crippen LogP contribution in [0.5, 0.6) is 0 Å². The topological polar surface area (TPSA) is 26.0 Å². The number of nitrogens with two attached hydrogens (primary N) is 1. The van der Waals surface area contributed by atoms with Gasteiger partial charge in [-0.3, -0.25) is 0 Å². The van der Waals surface area contributed by atoms with Crippen molar-refractivity contribution in [3.63, 3.8) is 0 Å². The molecular formula is C17H33N. The zero-order chi connectivity index (χ0) is 13.4. The maximum atomic E-state index is 7.01. The summed E-state index contributed by atoms with van der Waals surface area (Å²) in [6.45, 7) is 9.60. The molecule has 2 aliphatic rings. The summed E-state index contributed by atoms with van der Waals surface area (Å²) in [7, 11) is 0. The van der Waals surface area contributed by atoms with Crippen LogP contribution in [0.2, 0.25) is 0 Å². The first kappa shape index (κ1) is 14.4. The Morgan fingerprint density at radius 2 is 1.56 bits per heavy atom. The highest BCUT2D eigenvalue weighted by atomic mass is 14.8. The summed E-state index contributed by atoms with van der Waals surface area (Å²) in [4.78, 5) is 0. The van der Waals surface area contributed by atoms with Gasteiger partial charge in [0.2, 0.25) is 0 Å². The molecule has 0 aromatic rings. The molecule has 0 spiro atoms. The second-order valence-corrected chi connectivity index (χ2v) is 8.23. The van der Waals surface area contributed by atoms with E-state index in [1.807, 2.05) is 0 Å². The summed E-state index contributed by atoms with van der Waals surface area (Å²) in [5.74, 6) is 2.44. The minimum absolute atomic E-state index is 0.136. The smallest absolute Gasteiger partial charge is 0.0216 e. The Labute approximate surface area is 114 Å². The van der Waals surface area contributed by atoms with E-state index >= 15 is 0 Å². The Hall–Kier alpha value is -0.0400. The van der Waals surface area contributed by atoms with Crippen LogP contribution in [0, 0.1) is 23.2 Å². The van der Waals surface area contributed by atoms with Crippen molar-refractivity contribution in [2.75, 3.05) is 0 Å². The van der Waals surface area contributed by atoms with Gasteiger partial charge < -0.3 is 5.73 Å². The lowest BCUT2D eigenvalue weighted by molar-refractivity contribution is 0.0172. The largest absolute Gasteiger partial charge is 0.325 e. The molecule has 1 heteroatoms. The van der Waals surface area contributed by atoms with Gasteiger partial charge in [-0.15, -0.1) is 0 Å². The third-order valence-electron chi connectivity index (χ3n) is 5.82. The van der Waals surface area contributed by atoms with Crippen molar-refractivity contribution < 1.29 is 0 Å². The average Bonchev–Trinajstić information content (AvgIpc) is 2.28. The zero-order valence-electron chi connectivity index (χ0n) is 13.0. The van der Waals surface area contributed by atoms with E-state index in [4.69, 9.17) is 5.73 Å². The summed E-state index contributed by atoms with van der Waals surface area (Å²) < 4.78 is 0. The molecule has 18 heavy (non-hydrogen) atoms. The fourth-order valence-electron chi connectivity index (χ4n) is 4.75. The van der Waals surface area contributed by atoms with Gasteiger partial charge in [-0.1, -0.05) is 53.4 Å². The van der Waals surface area contributed by atoms with E-state index in [1.54, 1.807) is 0 Å². The van der Waals surface area contributed by atoms with Gasteiger partial charge in [0.1, 0.15) is 0 Å². The summed E-state index contributed by atoms with van der Waals surface area (Å²) in [5.41, 5.74) is 7.52. The molecule has 0 aromatic carbocycles. The van der Waals surface area contributed by atoms with Gasteiger partial charge in [-0.2, -0.15) is 0 Å². The van der Waals surface area contributed by atoms with Crippen LogP contribution in [0.3, 0.4) is 0 Å². The molecular weight excluding hydrogens is 218 g/mol. The molecule has 106 valence electrons. The van der Waals surface area contributed by atoms with Crippen molar-refractivity contribution in [1.29, 1.82) is 0 Å². The lowest BCUT2D eigenvalue weighted by Gasteiger charge is -2.53. The highest BCUT2D eigenvalue weighted by Crippen LogP contribution is 2.50. The van der Waals surface area contributed by atoms with Crippen LogP contribution in [0.4, 0.5) is 0 Å². The van der Waals surface area contributed by atoms with Crippen molar-refractivity contribution >= 4 is 0 Å². The predicted octanol–water partition coefficient (Wildman–Crippen LogP) is 4.75. The molecule has 2 unspecified atom stereocenters. The van der Waals surface area contributed by atoms with Gasteiger partial charge in [0, 0.05) is 5.54 Å². The first-order valence-electron chi connectivity index (χ1n) is 8.13. The molecule has 0 aliphatic heterocycles. The Kier molecular flexibility index (Phi) is 4.11. The molecule has 2 rings (SSSR count). The van der Waals surface area contributed by atoms with E-state index in [0.717, 1.165) is 17.8 Å². The first-order chi connectivity index (χ1) is 8.34. The minimum atomic E-state index is 0.136. The molecule has 2 fully saturated rings. The molecule has 2 atom stereocenters. The predicted molar refractivity (Wildman–Crippen MR) is 79.5 cm³/mol. The van der Waals surface area contributed by atoms with Gasteiger partial charge >= 0.3 is 0 Å². The standard InChI is InChI=1S/C17H33N/c1-13-8-10-14(11-9-13)17(18)12-6-5-7-15(17)16(2,3)4/h13-15H,5-12,18H2,1-4H3. The maximum absolute atomic E-state index is 7.01. The second-order valence-electron chi connectivity index (χ2n) is 8.23. The molecule has 2 aliphatic carbocycles. The molecule has 0 heterocycles. The van der Waals surface area contributed by atoms with Crippen LogP contribution in [0.25, 0.3) is 0 Å². The Morgan fingerprint density at radius 1 is 0.944 bits per heavy atom. The average molecular weight is 251 g/mol. The Balaban J connectivity index is 2.15. The molecule has 0 aromatic heterocycles. The monoisotopic (exact) mass is 251 g/mol. The van der Waals surface area contributed by atoms with E-state index in [2.05, 4.69) is 27.7 Å². The minimum Gasteiger partial charge on any atom is -0.325 e. The van der Waals surface area contributed by atoms with Crippen LogP contribution in [0.1, 0.15) is 79.1 Å². The second kappa shape index (κ2) is 5.15. The summed E-state index contributed by atoms with van der Waals surface area (Å²) in [5, 5.41) is 0. The van der Waals surface area contributed by atoms with Crippen molar-refractivity contribution in [3.05, 3.63) is 0 Å².